The molecule has 0 radical (unpaired) electrons. The van der Waals surface area contributed by atoms with E-state index < -0.39 is 0 Å². The lowest BCUT2D eigenvalue weighted by Gasteiger charge is -2.26. The highest BCUT2D eigenvalue weighted by molar-refractivity contribution is 5.85. The quantitative estimate of drug-likeness (QED) is 0.563. The molecule has 0 atom stereocenters. The highest BCUT2D eigenvalue weighted by atomic mass is 16.4. The van der Waals surface area contributed by atoms with Gasteiger partial charge in [-0.25, -0.2) is 4.98 Å². The molecule has 6 heteroatoms. The number of hydrogen-bond donors (Lipinski definition) is 1. The van der Waals surface area contributed by atoms with Crippen LogP contribution in [0.3, 0.4) is 0 Å². The van der Waals surface area contributed by atoms with Gasteiger partial charge < -0.3 is 10.1 Å². The zero-order chi connectivity index (χ0) is 11.5. The Morgan fingerprint density at radius 1 is 1.12 bits per heavy atom. The van der Waals surface area contributed by atoms with Crippen LogP contribution in [0.4, 0.5) is 5.95 Å². The molecule has 1 fully saturated rings. The summed E-state index contributed by atoms with van der Waals surface area (Å²) in [6.07, 6.45) is 1.51. The van der Waals surface area contributed by atoms with E-state index in [0.717, 1.165) is 43.0 Å². The van der Waals surface area contributed by atoms with Crippen LogP contribution in [0.2, 0.25) is 0 Å². The second-order valence-electron chi connectivity index (χ2n) is 3.94. The van der Waals surface area contributed by atoms with Crippen molar-refractivity contribution in [2.45, 2.75) is 26.7 Å². The third kappa shape index (κ3) is 2.10. The van der Waals surface area contributed by atoms with Crippen molar-refractivity contribution in [2.24, 2.45) is 5.16 Å². The first-order valence-corrected chi connectivity index (χ1v) is 5.33. The van der Waals surface area contributed by atoms with Crippen molar-refractivity contribution < 1.29 is 5.21 Å². The lowest BCUT2D eigenvalue weighted by atomic mass is 10.1. The van der Waals surface area contributed by atoms with Gasteiger partial charge in [-0.1, -0.05) is 5.16 Å². The summed E-state index contributed by atoms with van der Waals surface area (Å²) in [6, 6.07) is 0. The number of oxime groups is 1. The summed E-state index contributed by atoms with van der Waals surface area (Å²) in [5, 5.41) is 20.0. The summed E-state index contributed by atoms with van der Waals surface area (Å²) in [5.41, 5.74) is 2.61. The van der Waals surface area contributed by atoms with Crippen molar-refractivity contribution in [3.63, 3.8) is 0 Å². The molecule has 1 saturated heterocycles. The van der Waals surface area contributed by atoms with Gasteiger partial charge in [-0.05, 0) is 13.8 Å². The smallest absolute Gasteiger partial charge is 0.245 e. The SMILES string of the molecule is Cc1nnc(N2CCC(=NO)CC2)nc1C. The van der Waals surface area contributed by atoms with E-state index in [9.17, 15) is 0 Å². The van der Waals surface area contributed by atoms with E-state index >= 15 is 0 Å². The predicted molar refractivity (Wildman–Crippen MR) is 60.0 cm³/mol. The van der Waals surface area contributed by atoms with Crippen molar-refractivity contribution in [3.05, 3.63) is 11.4 Å². The highest BCUT2D eigenvalue weighted by Gasteiger charge is 2.18. The molecule has 0 amide bonds. The van der Waals surface area contributed by atoms with Crippen molar-refractivity contribution in [2.75, 3.05) is 18.0 Å². The predicted octanol–water partition coefficient (Wildman–Crippen LogP) is 0.919. The molecule has 1 aliphatic rings. The van der Waals surface area contributed by atoms with Gasteiger partial charge in [0.25, 0.3) is 0 Å². The zero-order valence-corrected chi connectivity index (χ0v) is 9.51. The second-order valence-corrected chi connectivity index (χ2v) is 3.94. The van der Waals surface area contributed by atoms with E-state index in [4.69, 9.17) is 5.21 Å². The third-order valence-electron chi connectivity index (χ3n) is 2.85. The third-order valence-corrected chi connectivity index (χ3v) is 2.85. The van der Waals surface area contributed by atoms with Crippen LogP contribution in [-0.4, -0.2) is 39.2 Å². The van der Waals surface area contributed by atoms with Gasteiger partial charge in [0.2, 0.25) is 5.95 Å². The Morgan fingerprint density at radius 2 is 1.81 bits per heavy atom. The van der Waals surface area contributed by atoms with E-state index in [0.29, 0.717) is 5.95 Å². The van der Waals surface area contributed by atoms with Gasteiger partial charge in [0.15, 0.2) is 0 Å². The van der Waals surface area contributed by atoms with Crippen LogP contribution in [0.15, 0.2) is 5.16 Å². The molecule has 0 bridgehead atoms. The molecular weight excluding hydrogens is 206 g/mol. The Kier molecular flexibility index (Phi) is 2.98. The van der Waals surface area contributed by atoms with Crippen molar-refractivity contribution in [3.8, 4) is 0 Å². The van der Waals surface area contributed by atoms with Crippen LogP contribution < -0.4 is 4.90 Å². The minimum Gasteiger partial charge on any atom is -0.411 e. The Balaban J connectivity index is 2.11. The summed E-state index contributed by atoms with van der Waals surface area (Å²) in [6.45, 7) is 5.39. The Hall–Kier alpha value is -1.72. The Bertz CT molecular complexity index is 408. The minimum atomic E-state index is 0.667. The van der Waals surface area contributed by atoms with Crippen LogP contribution in [0.1, 0.15) is 24.2 Å². The van der Waals surface area contributed by atoms with Crippen LogP contribution in [0.25, 0.3) is 0 Å². The first-order valence-electron chi connectivity index (χ1n) is 5.33. The standard InChI is InChI=1S/C10H15N5O/c1-7-8(2)12-13-10(11-7)15-5-3-9(14-16)4-6-15/h16H,3-6H2,1-2H3. The van der Waals surface area contributed by atoms with Crippen molar-refractivity contribution in [1.29, 1.82) is 0 Å². The number of piperidine rings is 1. The molecule has 86 valence electrons. The van der Waals surface area contributed by atoms with Gasteiger partial charge in [-0.15, -0.1) is 5.10 Å². The molecule has 1 aromatic rings. The van der Waals surface area contributed by atoms with E-state index in [2.05, 4.69) is 25.2 Å². The molecule has 0 aromatic carbocycles. The second kappa shape index (κ2) is 4.42. The number of rotatable bonds is 1. The van der Waals surface area contributed by atoms with Crippen LogP contribution in [0, 0.1) is 13.8 Å². The zero-order valence-electron chi connectivity index (χ0n) is 9.51. The first kappa shape index (κ1) is 10.8. The molecule has 0 unspecified atom stereocenters. The number of aryl methyl sites for hydroxylation is 2. The number of nitrogens with zero attached hydrogens (tertiary/aromatic N) is 5. The fraction of sp³-hybridized carbons (Fsp3) is 0.600. The summed E-state index contributed by atoms with van der Waals surface area (Å²) in [4.78, 5) is 6.46. The highest BCUT2D eigenvalue weighted by Crippen LogP contribution is 2.14. The largest absolute Gasteiger partial charge is 0.411 e. The van der Waals surface area contributed by atoms with E-state index in [1.165, 1.54) is 0 Å². The fourth-order valence-corrected chi connectivity index (χ4v) is 1.64. The molecule has 2 heterocycles. The van der Waals surface area contributed by atoms with Crippen LogP contribution >= 0.6 is 0 Å². The lowest BCUT2D eigenvalue weighted by molar-refractivity contribution is 0.315. The minimum absolute atomic E-state index is 0.667. The first-order chi connectivity index (χ1) is 7.70. The molecule has 16 heavy (non-hydrogen) atoms. The Morgan fingerprint density at radius 3 is 2.38 bits per heavy atom. The average Bonchev–Trinajstić information content (AvgIpc) is 2.33. The molecule has 0 spiro atoms. The average molecular weight is 221 g/mol. The summed E-state index contributed by atoms with van der Waals surface area (Å²) >= 11 is 0. The molecule has 0 aliphatic carbocycles. The monoisotopic (exact) mass is 221 g/mol. The molecule has 2 rings (SSSR count). The number of aromatic nitrogens is 3. The number of hydrogen-bond acceptors (Lipinski definition) is 6. The maximum absolute atomic E-state index is 8.65. The van der Waals surface area contributed by atoms with Crippen LogP contribution in [0.5, 0.6) is 0 Å². The normalized spacial score (nSPS) is 16.4. The maximum Gasteiger partial charge on any atom is 0.245 e. The van der Waals surface area contributed by atoms with Crippen molar-refractivity contribution >= 4 is 11.7 Å². The summed E-state index contributed by atoms with van der Waals surface area (Å²) < 4.78 is 0. The molecule has 1 aliphatic heterocycles. The van der Waals surface area contributed by atoms with Gasteiger partial charge in [-0.3, -0.25) is 0 Å². The van der Waals surface area contributed by atoms with Gasteiger partial charge in [-0.2, -0.15) is 5.10 Å². The van der Waals surface area contributed by atoms with Gasteiger partial charge >= 0.3 is 0 Å². The van der Waals surface area contributed by atoms with Crippen molar-refractivity contribution in [1.82, 2.24) is 15.2 Å². The van der Waals surface area contributed by atoms with Gasteiger partial charge in [0.05, 0.1) is 17.1 Å². The molecule has 1 N–H and O–H groups in total. The molecule has 1 aromatic heterocycles. The summed E-state index contributed by atoms with van der Waals surface area (Å²) in [5.74, 6) is 0.667. The summed E-state index contributed by atoms with van der Waals surface area (Å²) in [7, 11) is 0. The van der Waals surface area contributed by atoms with Gasteiger partial charge in [0, 0.05) is 25.9 Å². The van der Waals surface area contributed by atoms with E-state index in [1.54, 1.807) is 0 Å². The molecular formula is C10H15N5O. The van der Waals surface area contributed by atoms with Crippen LogP contribution in [-0.2, 0) is 0 Å². The van der Waals surface area contributed by atoms with Gasteiger partial charge in [0.1, 0.15) is 0 Å². The lowest BCUT2D eigenvalue weighted by Crippen LogP contribution is -2.35. The topological polar surface area (TPSA) is 74.5 Å². The van der Waals surface area contributed by atoms with E-state index in [-0.39, 0.29) is 0 Å². The number of anilines is 1. The fourth-order valence-electron chi connectivity index (χ4n) is 1.64. The molecule has 0 saturated carbocycles. The maximum atomic E-state index is 8.65. The van der Waals surface area contributed by atoms with E-state index in [1.807, 2.05) is 13.8 Å². The molecule has 6 nitrogen and oxygen atoms in total. The Labute approximate surface area is 94.0 Å².